The minimum absolute atomic E-state index is 0.129. The third kappa shape index (κ3) is 4.87. The number of aryl methyl sites for hydroxylation is 1. The third-order valence-electron chi connectivity index (χ3n) is 5.51. The predicted molar refractivity (Wildman–Crippen MR) is 119 cm³/mol. The van der Waals surface area contributed by atoms with Crippen molar-refractivity contribution in [2.24, 2.45) is 7.05 Å². The summed E-state index contributed by atoms with van der Waals surface area (Å²) in [5.41, 5.74) is 0.368. The van der Waals surface area contributed by atoms with Crippen LogP contribution >= 0.6 is 0 Å². The lowest BCUT2D eigenvalue weighted by molar-refractivity contribution is 0.0764. The molecule has 0 bridgehead atoms. The summed E-state index contributed by atoms with van der Waals surface area (Å²) in [7, 11) is -5.61. The van der Waals surface area contributed by atoms with Gasteiger partial charge in [-0.15, -0.1) is 0 Å². The normalized spacial score (nSPS) is 16.3. The van der Waals surface area contributed by atoms with Crippen LogP contribution in [0.5, 0.6) is 0 Å². The van der Waals surface area contributed by atoms with Crippen LogP contribution in [0.2, 0.25) is 0 Å². The molecule has 12 heteroatoms. The van der Waals surface area contributed by atoms with Gasteiger partial charge in [-0.1, -0.05) is 13.8 Å². The highest BCUT2D eigenvalue weighted by Gasteiger charge is 2.30. The van der Waals surface area contributed by atoms with Crippen LogP contribution in [0, 0.1) is 0 Å². The van der Waals surface area contributed by atoms with Crippen molar-refractivity contribution < 1.29 is 21.6 Å². The standard InChI is InChI=1S/C20H29N5O5S2/c1-4-24(5-2)31(27,28)18-9-7-17(8-10-18)20(26)23-11-6-12-25(14-13-23)32(29,30)19-15-21-22(3)16-19/h7-10,15-16H,4-6,11-14H2,1-3H3. The number of sulfonamides is 2. The minimum Gasteiger partial charge on any atom is -0.337 e. The second-order valence-electron chi connectivity index (χ2n) is 7.51. The average Bonchev–Trinajstić information content (AvgIpc) is 3.06. The SMILES string of the molecule is CCN(CC)S(=O)(=O)c1ccc(C(=O)N2CCCN(S(=O)(=O)c3cnn(C)c3)CC2)cc1. The average molecular weight is 484 g/mol. The molecule has 0 radical (unpaired) electrons. The Bertz CT molecular complexity index is 1160. The van der Waals surface area contributed by atoms with Crippen LogP contribution in [0.4, 0.5) is 0 Å². The first kappa shape index (κ1) is 24.4. The maximum atomic E-state index is 13.0. The summed E-state index contributed by atoms with van der Waals surface area (Å²) < 4.78 is 55.1. The first-order chi connectivity index (χ1) is 15.1. The highest BCUT2D eigenvalue weighted by molar-refractivity contribution is 7.89. The van der Waals surface area contributed by atoms with Gasteiger partial charge in [0.1, 0.15) is 4.90 Å². The summed E-state index contributed by atoms with van der Waals surface area (Å²) in [6.07, 6.45) is 3.27. The van der Waals surface area contributed by atoms with Gasteiger partial charge < -0.3 is 4.90 Å². The highest BCUT2D eigenvalue weighted by atomic mass is 32.2. The molecular weight excluding hydrogens is 454 g/mol. The Labute approximate surface area is 189 Å². The van der Waals surface area contributed by atoms with Gasteiger partial charge in [0.15, 0.2) is 0 Å². The summed E-state index contributed by atoms with van der Waals surface area (Å²) in [4.78, 5) is 14.8. The van der Waals surface area contributed by atoms with Crippen LogP contribution in [0.1, 0.15) is 30.6 Å². The lowest BCUT2D eigenvalue weighted by Crippen LogP contribution is -2.37. The maximum Gasteiger partial charge on any atom is 0.253 e. The van der Waals surface area contributed by atoms with E-state index in [0.717, 1.165) is 0 Å². The quantitative estimate of drug-likeness (QED) is 0.580. The molecule has 2 aromatic rings. The zero-order valence-electron chi connectivity index (χ0n) is 18.5. The number of aromatic nitrogens is 2. The lowest BCUT2D eigenvalue weighted by Gasteiger charge is -2.22. The van der Waals surface area contributed by atoms with E-state index in [4.69, 9.17) is 0 Å². The Balaban J connectivity index is 1.71. The molecule has 1 aliphatic heterocycles. The van der Waals surface area contributed by atoms with Crippen LogP contribution in [0.3, 0.4) is 0 Å². The molecule has 0 aliphatic carbocycles. The smallest absolute Gasteiger partial charge is 0.253 e. The van der Waals surface area contributed by atoms with Crippen molar-refractivity contribution in [2.45, 2.75) is 30.1 Å². The van der Waals surface area contributed by atoms with Crippen LogP contribution in [0.25, 0.3) is 0 Å². The topological polar surface area (TPSA) is 113 Å². The van der Waals surface area contributed by atoms with E-state index in [-0.39, 0.29) is 28.8 Å². The fourth-order valence-corrected chi connectivity index (χ4v) is 6.60. The molecule has 1 saturated heterocycles. The molecule has 3 rings (SSSR count). The molecule has 176 valence electrons. The molecule has 1 aliphatic rings. The Morgan fingerprint density at radius 1 is 0.969 bits per heavy atom. The van der Waals surface area contributed by atoms with Gasteiger partial charge in [0.2, 0.25) is 20.0 Å². The molecular formula is C20H29N5O5S2. The van der Waals surface area contributed by atoms with E-state index in [0.29, 0.717) is 38.2 Å². The summed E-state index contributed by atoms with van der Waals surface area (Å²) in [6.45, 7) is 5.43. The number of carbonyl (C=O) groups excluding carboxylic acids is 1. The molecule has 0 unspecified atom stereocenters. The first-order valence-corrected chi connectivity index (χ1v) is 13.4. The fourth-order valence-electron chi connectivity index (χ4n) is 3.68. The number of amides is 1. The molecule has 0 spiro atoms. The summed E-state index contributed by atoms with van der Waals surface area (Å²) in [6, 6.07) is 5.90. The number of nitrogens with zero attached hydrogens (tertiary/aromatic N) is 5. The van der Waals surface area contributed by atoms with Gasteiger partial charge in [-0.3, -0.25) is 9.48 Å². The highest BCUT2D eigenvalue weighted by Crippen LogP contribution is 2.20. The molecule has 1 fully saturated rings. The van der Waals surface area contributed by atoms with Gasteiger partial charge in [-0.25, -0.2) is 16.8 Å². The van der Waals surface area contributed by atoms with Crippen LogP contribution in [-0.4, -0.2) is 85.3 Å². The third-order valence-corrected chi connectivity index (χ3v) is 9.42. The minimum atomic E-state index is -3.67. The molecule has 32 heavy (non-hydrogen) atoms. The van der Waals surface area contributed by atoms with Gasteiger partial charge in [-0.05, 0) is 30.7 Å². The lowest BCUT2D eigenvalue weighted by atomic mass is 10.2. The molecule has 0 atom stereocenters. The Kier molecular flexibility index (Phi) is 7.38. The largest absolute Gasteiger partial charge is 0.337 e. The van der Waals surface area contributed by atoms with E-state index >= 15 is 0 Å². The monoisotopic (exact) mass is 483 g/mol. The van der Waals surface area contributed by atoms with E-state index < -0.39 is 20.0 Å². The van der Waals surface area contributed by atoms with Crippen molar-refractivity contribution in [3.63, 3.8) is 0 Å². The van der Waals surface area contributed by atoms with E-state index in [2.05, 4.69) is 5.10 Å². The molecule has 1 aromatic carbocycles. The molecule has 2 heterocycles. The van der Waals surface area contributed by atoms with Gasteiger partial charge in [0.25, 0.3) is 5.91 Å². The van der Waals surface area contributed by atoms with Crippen LogP contribution in [0.15, 0.2) is 46.5 Å². The summed E-state index contributed by atoms with van der Waals surface area (Å²) in [5.74, 6) is -0.252. The van der Waals surface area contributed by atoms with Crippen molar-refractivity contribution >= 4 is 26.0 Å². The van der Waals surface area contributed by atoms with Crippen LogP contribution < -0.4 is 0 Å². The van der Waals surface area contributed by atoms with Crippen molar-refractivity contribution in [2.75, 3.05) is 39.3 Å². The second kappa shape index (κ2) is 9.69. The van der Waals surface area contributed by atoms with Crippen LogP contribution in [-0.2, 0) is 27.1 Å². The van der Waals surface area contributed by atoms with E-state index in [1.165, 1.54) is 50.0 Å². The van der Waals surface area contributed by atoms with Crippen molar-refractivity contribution in [1.82, 2.24) is 23.3 Å². The predicted octanol–water partition coefficient (Wildman–Crippen LogP) is 0.987. The molecule has 1 amide bonds. The second-order valence-corrected chi connectivity index (χ2v) is 11.4. The molecule has 1 aromatic heterocycles. The van der Waals surface area contributed by atoms with Gasteiger partial charge >= 0.3 is 0 Å². The zero-order valence-corrected chi connectivity index (χ0v) is 20.1. The summed E-state index contributed by atoms with van der Waals surface area (Å²) in [5, 5.41) is 3.93. The Hall–Kier alpha value is -2.28. The molecule has 10 nitrogen and oxygen atoms in total. The number of hydrogen-bond acceptors (Lipinski definition) is 6. The zero-order chi connectivity index (χ0) is 23.5. The van der Waals surface area contributed by atoms with E-state index in [9.17, 15) is 21.6 Å². The molecule has 0 N–H and O–H groups in total. The summed E-state index contributed by atoms with van der Waals surface area (Å²) >= 11 is 0. The Morgan fingerprint density at radius 2 is 1.62 bits per heavy atom. The maximum absolute atomic E-state index is 13.0. The number of hydrogen-bond donors (Lipinski definition) is 0. The fraction of sp³-hybridized carbons (Fsp3) is 0.500. The molecule has 0 saturated carbocycles. The van der Waals surface area contributed by atoms with Gasteiger partial charge in [0, 0.05) is 58.1 Å². The Morgan fingerprint density at radius 3 is 2.19 bits per heavy atom. The number of benzene rings is 1. The van der Waals surface area contributed by atoms with E-state index in [1.807, 2.05) is 0 Å². The number of rotatable bonds is 7. The van der Waals surface area contributed by atoms with E-state index in [1.54, 1.807) is 25.8 Å². The van der Waals surface area contributed by atoms with Crippen molar-refractivity contribution in [3.05, 3.63) is 42.2 Å². The first-order valence-electron chi connectivity index (χ1n) is 10.5. The van der Waals surface area contributed by atoms with Gasteiger partial charge in [0.05, 0.1) is 11.1 Å². The van der Waals surface area contributed by atoms with Gasteiger partial charge in [-0.2, -0.15) is 13.7 Å². The number of carbonyl (C=O) groups is 1. The van der Waals surface area contributed by atoms with Crippen molar-refractivity contribution in [1.29, 1.82) is 0 Å². The van der Waals surface area contributed by atoms with Crippen molar-refractivity contribution in [3.8, 4) is 0 Å².